The number of benzene rings is 3. The molecule has 38 heavy (non-hydrogen) atoms. The number of hydrogen-bond acceptors (Lipinski definition) is 4. The zero-order valence-electron chi connectivity index (χ0n) is 20.5. The first-order valence-electron chi connectivity index (χ1n) is 12.3. The van der Waals surface area contributed by atoms with E-state index in [9.17, 15) is 14.0 Å². The van der Waals surface area contributed by atoms with Crippen molar-refractivity contribution < 1.29 is 18.7 Å². The fourth-order valence-electron chi connectivity index (χ4n) is 4.94. The highest BCUT2D eigenvalue weighted by molar-refractivity contribution is 9.10. The molecule has 0 bridgehead atoms. The normalized spacial score (nSPS) is 18.7. The van der Waals surface area contributed by atoms with Crippen molar-refractivity contribution >= 4 is 33.4 Å². The molecule has 9 heteroatoms. The summed E-state index contributed by atoms with van der Waals surface area (Å²) in [4.78, 5) is 26.7. The summed E-state index contributed by atoms with van der Waals surface area (Å²) in [5, 5.41) is 7.71. The van der Waals surface area contributed by atoms with E-state index in [1.54, 1.807) is 28.6 Å². The van der Waals surface area contributed by atoms with Crippen LogP contribution in [0.1, 0.15) is 29.8 Å². The predicted octanol–water partition coefficient (Wildman–Crippen LogP) is 5.42. The first kappa shape index (κ1) is 24.5. The molecule has 7 nitrogen and oxygen atoms in total. The van der Waals surface area contributed by atoms with Crippen molar-refractivity contribution in [3.63, 3.8) is 0 Å². The number of ether oxygens (including phenoxy) is 1. The molecule has 6 rings (SSSR count). The van der Waals surface area contributed by atoms with Gasteiger partial charge in [0.1, 0.15) is 17.6 Å². The summed E-state index contributed by atoms with van der Waals surface area (Å²) < 4.78 is 22.6. The van der Waals surface area contributed by atoms with E-state index >= 15 is 0 Å². The Kier molecular flexibility index (Phi) is 6.33. The third kappa shape index (κ3) is 4.63. The van der Waals surface area contributed by atoms with Crippen LogP contribution < -0.4 is 5.32 Å². The lowest BCUT2D eigenvalue weighted by Gasteiger charge is -2.23. The number of fused-ring (bicyclic) bond motifs is 1. The predicted molar refractivity (Wildman–Crippen MR) is 144 cm³/mol. The van der Waals surface area contributed by atoms with E-state index in [4.69, 9.17) is 9.84 Å². The molecule has 192 valence electrons. The van der Waals surface area contributed by atoms with Gasteiger partial charge in [-0.15, -0.1) is 0 Å². The van der Waals surface area contributed by atoms with Gasteiger partial charge in [0.2, 0.25) is 5.91 Å². The van der Waals surface area contributed by atoms with Crippen LogP contribution in [0.15, 0.2) is 77.4 Å². The van der Waals surface area contributed by atoms with Gasteiger partial charge in [-0.05, 0) is 79.1 Å². The van der Waals surface area contributed by atoms with Crippen molar-refractivity contribution in [1.82, 2.24) is 14.7 Å². The molecule has 2 aliphatic heterocycles. The third-order valence-electron chi connectivity index (χ3n) is 6.91. The van der Waals surface area contributed by atoms with Crippen LogP contribution in [0.3, 0.4) is 0 Å². The van der Waals surface area contributed by atoms with Gasteiger partial charge in [-0.25, -0.2) is 9.07 Å². The maximum absolute atomic E-state index is 13.7. The fourth-order valence-corrected chi connectivity index (χ4v) is 5.20. The Balaban J connectivity index is 1.34. The zero-order chi connectivity index (χ0) is 26.4. The molecular weight excluding hydrogens is 551 g/mol. The molecule has 1 saturated heterocycles. The minimum atomic E-state index is -0.657. The van der Waals surface area contributed by atoms with E-state index in [2.05, 4.69) is 21.2 Å². The molecule has 2 atom stereocenters. The molecule has 1 N–H and O–H groups in total. The average Bonchev–Trinajstić information content (AvgIpc) is 3.58. The van der Waals surface area contributed by atoms with E-state index in [1.807, 2.05) is 48.7 Å². The van der Waals surface area contributed by atoms with Gasteiger partial charge in [0.15, 0.2) is 6.23 Å². The number of nitrogens with one attached hydrogen (secondary N) is 1. The molecule has 4 aromatic rings. The molecule has 2 aliphatic rings. The highest BCUT2D eigenvalue weighted by Gasteiger charge is 2.40. The quantitative estimate of drug-likeness (QED) is 0.333. The van der Waals surface area contributed by atoms with Gasteiger partial charge in [0.05, 0.1) is 12.1 Å². The summed E-state index contributed by atoms with van der Waals surface area (Å²) in [6.45, 7) is 2.17. The molecule has 2 unspecified atom stereocenters. The average molecular weight is 575 g/mol. The zero-order valence-corrected chi connectivity index (χ0v) is 22.1. The molecule has 3 aromatic carbocycles. The van der Waals surface area contributed by atoms with E-state index in [0.29, 0.717) is 25.1 Å². The molecule has 2 amide bonds. The van der Waals surface area contributed by atoms with Crippen LogP contribution >= 0.6 is 15.9 Å². The summed E-state index contributed by atoms with van der Waals surface area (Å²) in [6, 6.07) is 19.8. The van der Waals surface area contributed by atoms with Crippen LogP contribution in [0.4, 0.5) is 10.1 Å². The van der Waals surface area contributed by atoms with Crippen LogP contribution in [-0.4, -0.2) is 39.1 Å². The van der Waals surface area contributed by atoms with Gasteiger partial charge >= 0.3 is 0 Å². The second-order valence-electron chi connectivity index (χ2n) is 9.49. The van der Waals surface area contributed by atoms with Gasteiger partial charge < -0.3 is 15.0 Å². The molecular formula is C29H24BrFN4O3. The minimum Gasteiger partial charge on any atom is -0.341 e. The van der Waals surface area contributed by atoms with Crippen LogP contribution in [0, 0.1) is 5.82 Å². The first-order valence-corrected chi connectivity index (χ1v) is 13.1. The number of aromatic nitrogens is 2. The number of amides is 2. The molecule has 0 radical (unpaired) electrons. The lowest BCUT2D eigenvalue weighted by molar-refractivity contribution is -0.130. The van der Waals surface area contributed by atoms with Gasteiger partial charge in [-0.1, -0.05) is 28.1 Å². The van der Waals surface area contributed by atoms with Crippen LogP contribution in [0.2, 0.25) is 0 Å². The van der Waals surface area contributed by atoms with Crippen LogP contribution in [0.5, 0.6) is 0 Å². The Hall–Kier alpha value is -3.82. The fraction of sp³-hybridized carbons (Fsp3) is 0.207. The van der Waals surface area contributed by atoms with Gasteiger partial charge in [0.25, 0.3) is 5.91 Å². The maximum Gasteiger partial charge on any atom is 0.253 e. The van der Waals surface area contributed by atoms with Gasteiger partial charge in [0, 0.05) is 34.0 Å². The van der Waals surface area contributed by atoms with Crippen molar-refractivity contribution in [1.29, 1.82) is 0 Å². The number of anilines is 1. The number of halogens is 2. The van der Waals surface area contributed by atoms with Crippen molar-refractivity contribution in [2.45, 2.75) is 32.1 Å². The highest BCUT2D eigenvalue weighted by Crippen LogP contribution is 2.37. The Morgan fingerprint density at radius 3 is 2.61 bits per heavy atom. The van der Waals surface area contributed by atoms with Crippen molar-refractivity contribution in [3.8, 4) is 16.9 Å². The lowest BCUT2D eigenvalue weighted by atomic mass is 10.0. The standard InChI is InChI=1S/C29H24BrFN4O3/c1-17-28(37)34(13-12-18-2-3-20-15-26(36)32-25(20)14-18)29(38-17)24-16-35(23-10-6-21(30)7-11-23)33-27(24)19-4-8-22(31)9-5-19/h2-11,14,16-17,29H,12-13,15H2,1H3,(H,32,36). The SMILES string of the molecule is CC1OC(c2cn(-c3ccc(Br)cc3)nc2-c2ccc(F)cc2)N(CCc2ccc3c(c2)NC(=O)C3)C1=O. The summed E-state index contributed by atoms with van der Waals surface area (Å²) in [5.41, 5.74) is 5.73. The summed E-state index contributed by atoms with van der Waals surface area (Å²) in [6.07, 6.45) is 1.58. The Labute approximate surface area is 227 Å². The highest BCUT2D eigenvalue weighted by atomic mass is 79.9. The molecule has 1 fully saturated rings. The molecule has 0 saturated carbocycles. The van der Waals surface area contributed by atoms with Crippen molar-refractivity contribution in [3.05, 3.63) is 99.9 Å². The van der Waals surface area contributed by atoms with Crippen LogP contribution in [-0.2, 0) is 27.2 Å². The Morgan fingerprint density at radius 1 is 1.08 bits per heavy atom. The molecule has 0 aliphatic carbocycles. The third-order valence-corrected chi connectivity index (χ3v) is 7.43. The smallest absolute Gasteiger partial charge is 0.253 e. The number of rotatable bonds is 6. The lowest BCUT2D eigenvalue weighted by Crippen LogP contribution is -2.32. The van der Waals surface area contributed by atoms with Crippen LogP contribution in [0.25, 0.3) is 16.9 Å². The number of hydrogen-bond donors (Lipinski definition) is 1. The molecule has 0 spiro atoms. The first-order chi connectivity index (χ1) is 18.4. The second kappa shape index (κ2) is 9.81. The molecule has 3 heterocycles. The largest absolute Gasteiger partial charge is 0.341 e. The van der Waals surface area contributed by atoms with Gasteiger partial charge in [-0.3, -0.25) is 9.59 Å². The number of nitrogens with zero attached hydrogens (tertiary/aromatic N) is 3. The van der Waals surface area contributed by atoms with Crippen molar-refractivity contribution in [2.24, 2.45) is 0 Å². The molecule has 1 aromatic heterocycles. The van der Waals surface area contributed by atoms with E-state index in [0.717, 1.165) is 38.1 Å². The maximum atomic E-state index is 13.7. The monoisotopic (exact) mass is 574 g/mol. The van der Waals surface area contributed by atoms with E-state index < -0.39 is 12.3 Å². The summed E-state index contributed by atoms with van der Waals surface area (Å²) in [5.74, 6) is -0.452. The van der Waals surface area contributed by atoms with Gasteiger partial charge in [-0.2, -0.15) is 5.10 Å². The van der Waals surface area contributed by atoms with E-state index in [1.165, 1.54) is 12.1 Å². The Morgan fingerprint density at radius 2 is 1.84 bits per heavy atom. The summed E-state index contributed by atoms with van der Waals surface area (Å²) in [7, 11) is 0. The Bertz CT molecular complexity index is 1530. The van der Waals surface area contributed by atoms with Crippen molar-refractivity contribution in [2.75, 3.05) is 11.9 Å². The van der Waals surface area contributed by atoms with E-state index in [-0.39, 0.29) is 17.6 Å². The minimum absolute atomic E-state index is 0.00901. The topological polar surface area (TPSA) is 76.5 Å². The number of carbonyl (C=O) groups is 2. The number of carbonyl (C=O) groups excluding carboxylic acids is 2. The second-order valence-corrected chi connectivity index (χ2v) is 10.4. The summed E-state index contributed by atoms with van der Waals surface area (Å²) >= 11 is 3.46.